The van der Waals surface area contributed by atoms with Gasteiger partial charge >= 0.3 is 6.09 Å². The third-order valence-corrected chi connectivity index (χ3v) is 5.30. The maximum Gasteiger partial charge on any atom is 0.414 e. The predicted octanol–water partition coefficient (Wildman–Crippen LogP) is 2.21. The Morgan fingerprint density at radius 2 is 1.77 bits per heavy atom. The minimum atomic E-state index is -0.358. The Balaban J connectivity index is 1.26. The van der Waals surface area contributed by atoms with Crippen molar-refractivity contribution in [3.63, 3.8) is 0 Å². The minimum Gasteiger partial charge on any atom is -0.442 e. The van der Waals surface area contributed by atoms with E-state index in [1.54, 1.807) is 22.0 Å². The molecule has 0 bridgehead atoms. The van der Waals surface area contributed by atoms with Crippen molar-refractivity contribution < 1.29 is 19.5 Å². The van der Waals surface area contributed by atoms with E-state index in [-0.39, 0.29) is 24.9 Å². The molecule has 2 aliphatic heterocycles. The molecule has 2 atom stereocenters. The van der Waals surface area contributed by atoms with E-state index in [4.69, 9.17) is 14.7 Å². The number of amides is 1. The van der Waals surface area contributed by atoms with E-state index in [9.17, 15) is 4.79 Å². The topological polar surface area (TPSA) is 102 Å². The van der Waals surface area contributed by atoms with Crippen LogP contribution in [0.15, 0.2) is 67.0 Å². The second-order valence-corrected chi connectivity index (χ2v) is 7.39. The molecule has 9 heteroatoms. The van der Waals surface area contributed by atoms with Gasteiger partial charge in [-0.2, -0.15) is 0 Å². The van der Waals surface area contributed by atoms with Crippen LogP contribution in [0.2, 0.25) is 0 Å². The maximum atomic E-state index is 12.3. The number of nitrogens with zero attached hydrogens (tertiary/aromatic N) is 4. The molecule has 158 valence electrons. The zero-order valence-electron chi connectivity index (χ0n) is 16.6. The lowest BCUT2D eigenvalue weighted by atomic mass is 10.0. The molecule has 0 radical (unpaired) electrons. The summed E-state index contributed by atoms with van der Waals surface area (Å²) in [4.78, 5) is 19.2. The lowest BCUT2D eigenvalue weighted by Gasteiger charge is -2.14. The highest BCUT2D eigenvalue weighted by Crippen LogP contribution is 2.28. The first-order valence-corrected chi connectivity index (χ1v) is 9.97. The molecule has 2 aromatic carbocycles. The Hall–Kier alpha value is -3.69. The van der Waals surface area contributed by atoms with Gasteiger partial charge in [-0.1, -0.05) is 41.6 Å². The fraction of sp³-hybridized carbons (Fsp3) is 0.227. The number of hydrogen-bond acceptors (Lipinski definition) is 7. The summed E-state index contributed by atoms with van der Waals surface area (Å²) in [6, 6.07) is 15.9. The summed E-state index contributed by atoms with van der Waals surface area (Å²) < 4.78 is 7.11. The highest BCUT2D eigenvalue weighted by Gasteiger charge is 2.32. The first-order chi connectivity index (χ1) is 15.2. The van der Waals surface area contributed by atoms with E-state index in [1.807, 2.05) is 54.6 Å². The molecule has 9 nitrogen and oxygen atoms in total. The highest BCUT2D eigenvalue weighted by atomic mass is 16.7. The number of carbonyl (C=O) groups excluding carboxylic acids is 1. The largest absolute Gasteiger partial charge is 0.442 e. The molecule has 2 aliphatic rings. The molecule has 0 spiro atoms. The van der Waals surface area contributed by atoms with E-state index in [0.717, 1.165) is 28.1 Å². The maximum absolute atomic E-state index is 12.3. The molecular weight excluding hydrogens is 398 g/mol. The molecule has 1 saturated heterocycles. The monoisotopic (exact) mass is 419 g/mol. The average molecular weight is 419 g/mol. The van der Waals surface area contributed by atoms with Gasteiger partial charge in [0.2, 0.25) is 0 Å². The van der Waals surface area contributed by atoms with E-state index < -0.39 is 0 Å². The lowest BCUT2D eigenvalue weighted by Crippen LogP contribution is -2.26. The summed E-state index contributed by atoms with van der Waals surface area (Å²) in [5.74, 6) is 0. The van der Waals surface area contributed by atoms with E-state index in [2.05, 4.69) is 15.8 Å². The standard InChI is InChI=1S/C22H21N5O4/c28-14-19-11-21(24-31-19)17-3-1-15(2-4-17)16-5-7-18(8-6-16)27-13-20(30-22(27)29)12-26-10-9-23-25-26/h1-11,19-20,24,28H,12-14H2/t19?,20-/m0/s1. The predicted molar refractivity (Wildman–Crippen MR) is 113 cm³/mol. The van der Waals surface area contributed by atoms with E-state index >= 15 is 0 Å². The highest BCUT2D eigenvalue weighted by molar-refractivity contribution is 5.90. The van der Waals surface area contributed by atoms with Gasteiger partial charge in [-0.15, -0.1) is 5.10 Å². The normalized spacial score (nSPS) is 20.5. The van der Waals surface area contributed by atoms with Crippen LogP contribution in [0.5, 0.6) is 0 Å². The Bertz CT molecular complexity index is 1080. The van der Waals surface area contributed by atoms with Crippen molar-refractivity contribution in [2.45, 2.75) is 18.8 Å². The van der Waals surface area contributed by atoms with Gasteiger partial charge in [0.05, 0.1) is 31.6 Å². The molecular formula is C22H21N5O4. The number of aliphatic hydroxyl groups is 1. The summed E-state index contributed by atoms with van der Waals surface area (Å²) in [7, 11) is 0. The number of hydrogen-bond donors (Lipinski definition) is 2. The molecule has 2 N–H and O–H groups in total. The number of carbonyl (C=O) groups is 1. The number of anilines is 1. The van der Waals surface area contributed by atoms with Gasteiger partial charge in [0.15, 0.2) is 0 Å². The summed E-state index contributed by atoms with van der Waals surface area (Å²) in [6.07, 6.45) is 4.25. The van der Waals surface area contributed by atoms with E-state index in [1.165, 1.54) is 0 Å². The lowest BCUT2D eigenvalue weighted by molar-refractivity contribution is 0.0173. The third-order valence-electron chi connectivity index (χ3n) is 5.30. The number of aromatic nitrogens is 3. The van der Waals surface area contributed by atoms with Crippen LogP contribution in [0, 0.1) is 0 Å². The number of aliphatic hydroxyl groups excluding tert-OH is 1. The van der Waals surface area contributed by atoms with Gasteiger partial charge < -0.3 is 9.84 Å². The fourth-order valence-corrected chi connectivity index (χ4v) is 3.68. The third kappa shape index (κ3) is 4.00. The van der Waals surface area contributed by atoms with Crippen molar-refractivity contribution in [1.29, 1.82) is 0 Å². The van der Waals surface area contributed by atoms with Gasteiger partial charge in [0.25, 0.3) is 0 Å². The van der Waals surface area contributed by atoms with Crippen LogP contribution in [0.1, 0.15) is 5.56 Å². The zero-order chi connectivity index (χ0) is 21.2. The SMILES string of the molecule is O=C1O[C@@H](Cn2ccnn2)CN1c1ccc(-c2ccc(C3=CC(CO)ON3)cc2)cc1. The first-order valence-electron chi connectivity index (χ1n) is 9.97. The van der Waals surface area contributed by atoms with Crippen molar-refractivity contribution >= 4 is 17.5 Å². The van der Waals surface area contributed by atoms with Crippen LogP contribution >= 0.6 is 0 Å². The molecule has 3 aromatic rings. The molecule has 1 aromatic heterocycles. The molecule has 0 aliphatic carbocycles. The number of nitrogens with one attached hydrogen (secondary N) is 1. The molecule has 5 rings (SSSR count). The molecule has 1 unspecified atom stereocenters. The minimum absolute atomic E-state index is 0.0628. The summed E-state index contributed by atoms with van der Waals surface area (Å²) in [5.41, 5.74) is 7.55. The Morgan fingerprint density at radius 1 is 1.06 bits per heavy atom. The molecule has 1 amide bonds. The number of hydroxylamine groups is 1. The Kier molecular flexibility index (Phi) is 5.11. The van der Waals surface area contributed by atoms with Gasteiger partial charge in [-0.3, -0.25) is 15.2 Å². The molecule has 3 heterocycles. The van der Waals surface area contributed by atoms with Crippen LogP contribution < -0.4 is 10.4 Å². The molecule has 31 heavy (non-hydrogen) atoms. The average Bonchev–Trinajstić information content (AvgIpc) is 3.56. The van der Waals surface area contributed by atoms with E-state index in [0.29, 0.717) is 13.1 Å². The first kappa shape index (κ1) is 19.3. The number of cyclic esters (lactones) is 1. The smallest absolute Gasteiger partial charge is 0.414 e. The summed E-state index contributed by atoms with van der Waals surface area (Å²) in [5, 5.41) is 16.9. The van der Waals surface area contributed by atoms with Crippen LogP contribution in [-0.2, 0) is 16.1 Å². The quantitative estimate of drug-likeness (QED) is 0.632. The number of ether oxygens (including phenoxy) is 1. The zero-order valence-corrected chi connectivity index (χ0v) is 16.6. The van der Waals surface area contributed by atoms with Gasteiger partial charge in [-0.25, -0.2) is 9.48 Å². The second kappa shape index (κ2) is 8.21. The van der Waals surface area contributed by atoms with Crippen molar-refractivity contribution in [1.82, 2.24) is 20.5 Å². The Labute approximate surface area is 178 Å². The van der Waals surface area contributed by atoms with Crippen LogP contribution in [0.25, 0.3) is 16.8 Å². The van der Waals surface area contributed by atoms with Gasteiger partial charge in [0.1, 0.15) is 12.2 Å². The summed E-state index contributed by atoms with van der Waals surface area (Å²) in [6.45, 7) is 0.875. The second-order valence-electron chi connectivity index (χ2n) is 7.39. The van der Waals surface area contributed by atoms with Crippen molar-refractivity contribution in [2.75, 3.05) is 18.1 Å². The fourth-order valence-electron chi connectivity index (χ4n) is 3.68. The van der Waals surface area contributed by atoms with Crippen LogP contribution in [0.4, 0.5) is 10.5 Å². The summed E-state index contributed by atoms with van der Waals surface area (Å²) >= 11 is 0. The number of benzene rings is 2. The van der Waals surface area contributed by atoms with Crippen LogP contribution in [-0.4, -0.2) is 51.6 Å². The van der Waals surface area contributed by atoms with Crippen molar-refractivity contribution in [3.8, 4) is 11.1 Å². The van der Waals surface area contributed by atoms with Crippen molar-refractivity contribution in [3.05, 3.63) is 72.6 Å². The molecule has 1 fully saturated rings. The van der Waals surface area contributed by atoms with Crippen molar-refractivity contribution in [2.24, 2.45) is 0 Å². The number of rotatable bonds is 6. The molecule has 0 saturated carbocycles. The van der Waals surface area contributed by atoms with Gasteiger partial charge in [0, 0.05) is 11.9 Å². The Morgan fingerprint density at radius 3 is 2.42 bits per heavy atom. The van der Waals surface area contributed by atoms with Crippen LogP contribution in [0.3, 0.4) is 0 Å². The van der Waals surface area contributed by atoms with Gasteiger partial charge in [-0.05, 0) is 34.9 Å².